The molecule has 1 aliphatic heterocycles. The zero-order valence-electron chi connectivity index (χ0n) is 10.5. The number of piperidine rings is 1. The predicted octanol–water partition coefficient (Wildman–Crippen LogP) is 2.41. The number of hydrogen-bond donors (Lipinski definition) is 1. The van der Waals surface area contributed by atoms with Gasteiger partial charge >= 0.3 is 0 Å². The molecular weight excluding hydrogens is 233 g/mol. The molecular formula is C14H18FNO2. The van der Waals surface area contributed by atoms with Gasteiger partial charge in [0.1, 0.15) is 11.6 Å². The van der Waals surface area contributed by atoms with Crippen LogP contribution in [0.25, 0.3) is 0 Å². The molecule has 1 aromatic rings. The molecule has 1 fully saturated rings. The highest BCUT2D eigenvalue weighted by Gasteiger charge is 2.20. The zero-order chi connectivity index (χ0) is 13.0. The molecule has 18 heavy (non-hydrogen) atoms. The van der Waals surface area contributed by atoms with Crippen molar-refractivity contribution in [1.29, 1.82) is 0 Å². The lowest BCUT2D eigenvalue weighted by molar-refractivity contribution is 0.0950. The molecule has 0 bridgehead atoms. The van der Waals surface area contributed by atoms with Crippen molar-refractivity contribution < 1.29 is 13.9 Å². The van der Waals surface area contributed by atoms with Crippen LogP contribution in [0.4, 0.5) is 4.39 Å². The molecule has 1 heterocycles. The number of Topliss-reactive ketones (excluding diaryl/α,β-unsaturated/α-hetero) is 1. The van der Waals surface area contributed by atoms with Gasteiger partial charge in [-0.2, -0.15) is 0 Å². The minimum Gasteiger partial charge on any atom is -0.497 e. The normalized spacial score (nSPS) is 19.6. The Kier molecular flexibility index (Phi) is 4.31. The van der Waals surface area contributed by atoms with Crippen molar-refractivity contribution in [3.63, 3.8) is 0 Å². The fraction of sp³-hybridized carbons (Fsp3) is 0.500. The molecule has 1 aromatic carbocycles. The first kappa shape index (κ1) is 13.0. The Morgan fingerprint density at radius 1 is 1.56 bits per heavy atom. The summed E-state index contributed by atoms with van der Waals surface area (Å²) < 4.78 is 18.6. The third-order valence-corrected chi connectivity index (χ3v) is 3.35. The lowest BCUT2D eigenvalue weighted by Crippen LogP contribution is -2.31. The fourth-order valence-corrected chi connectivity index (χ4v) is 2.32. The minimum atomic E-state index is -0.497. The van der Waals surface area contributed by atoms with Gasteiger partial charge in [0, 0.05) is 12.5 Å². The average molecular weight is 251 g/mol. The first-order valence-electron chi connectivity index (χ1n) is 6.28. The van der Waals surface area contributed by atoms with Crippen LogP contribution in [0.5, 0.6) is 5.75 Å². The van der Waals surface area contributed by atoms with Gasteiger partial charge in [-0.15, -0.1) is 0 Å². The Balaban J connectivity index is 2.03. The van der Waals surface area contributed by atoms with Crippen LogP contribution in [0.15, 0.2) is 18.2 Å². The van der Waals surface area contributed by atoms with E-state index in [4.69, 9.17) is 4.74 Å². The predicted molar refractivity (Wildman–Crippen MR) is 67.5 cm³/mol. The zero-order valence-corrected chi connectivity index (χ0v) is 10.5. The highest BCUT2D eigenvalue weighted by molar-refractivity contribution is 5.96. The van der Waals surface area contributed by atoms with Gasteiger partial charge in [0.05, 0.1) is 12.7 Å². The second-order valence-electron chi connectivity index (χ2n) is 4.69. The molecule has 4 heteroatoms. The molecule has 0 radical (unpaired) electrons. The molecule has 0 amide bonds. The average Bonchev–Trinajstić information content (AvgIpc) is 2.39. The molecule has 2 rings (SSSR count). The molecule has 1 unspecified atom stereocenters. The van der Waals surface area contributed by atoms with Crippen LogP contribution in [-0.4, -0.2) is 26.0 Å². The number of carbonyl (C=O) groups is 1. The maximum atomic E-state index is 13.7. The first-order chi connectivity index (χ1) is 8.70. The van der Waals surface area contributed by atoms with Crippen LogP contribution in [0.2, 0.25) is 0 Å². The van der Waals surface area contributed by atoms with Crippen molar-refractivity contribution in [2.75, 3.05) is 20.2 Å². The smallest absolute Gasteiger partial charge is 0.166 e. The van der Waals surface area contributed by atoms with E-state index in [1.165, 1.54) is 19.2 Å². The molecule has 0 spiro atoms. The molecule has 0 aromatic heterocycles. The van der Waals surface area contributed by atoms with Crippen LogP contribution in [0.3, 0.4) is 0 Å². The van der Waals surface area contributed by atoms with Crippen LogP contribution in [-0.2, 0) is 0 Å². The first-order valence-corrected chi connectivity index (χ1v) is 6.28. The summed E-state index contributed by atoms with van der Waals surface area (Å²) in [5.41, 5.74) is 0.168. The third-order valence-electron chi connectivity index (χ3n) is 3.35. The maximum Gasteiger partial charge on any atom is 0.166 e. The number of ether oxygens (including phenoxy) is 1. The molecule has 1 aliphatic rings. The van der Waals surface area contributed by atoms with E-state index in [0.29, 0.717) is 18.1 Å². The summed E-state index contributed by atoms with van der Waals surface area (Å²) in [5.74, 6) is 0.142. The van der Waals surface area contributed by atoms with E-state index in [2.05, 4.69) is 5.32 Å². The van der Waals surface area contributed by atoms with E-state index in [0.717, 1.165) is 25.9 Å². The van der Waals surface area contributed by atoms with Crippen molar-refractivity contribution in [1.82, 2.24) is 5.32 Å². The van der Waals surface area contributed by atoms with Crippen molar-refractivity contribution in [2.24, 2.45) is 5.92 Å². The van der Waals surface area contributed by atoms with Crippen molar-refractivity contribution >= 4 is 5.78 Å². The summed E-state index contributed by atoms with van der Waals surface area (Å²) in [4.78, 5) is 12.0. The third kappa shape index (κ3) is 3.07. The monoisotopic (exact) mass is 251 g/mol. The number of ketones is 1. The number of nitrogens with one attached hydrogen (secondary N) is 1. The number of hydrogen-bond acceptors (Lipinski definition) is 3. The van der Waals surface area contributed by atoms with Gasteiger partial charge in [-0.05, 0) is 44.0 Å². The number of benzene rings is 1. The van der Waals surface area contributed by atoms with Gasteiger partial charge < -0.3 is 10.1 Å². The van der Waals surface area contributed by atoms with E-state index in [1.807, 2.05) is 0 Å². The highest BCUT2D eigenvalue weighted by atomic mass is 19.1. The summed E-state index contributed by atoms with van der Waals surface area (Å²) in [6.07, 6.45) is 2.54. The molecule has 3 nitrogen and oxygen atoms in total. The summed E-state index contributed by atoms with van der Waals surface area (Å²) in [7, 11) is 1.48. The van der Waals surface area contributed by atoms with Gasteiger partial charge in [0.2, 0.25) is 0 Å². The second kappa shape index (κ2) is 5.96. The van der Waals surface area contributed by atoms with E-state index in [1.54, 1.807) is 6.07 Å². The van der Waals surface area contributed by atoms with E-state index in [-0.39, 0.29) is 11.3 Å². The highest BCUT2D eigenvalue weighted by Crippen LogP contribution is 2.21. The lowest BCUT2D eigenvalue weighted by Gasteiger charge is -2.22. The quantitative estimate of drug-likeness (QED) is 0.835. The van der Waals surface area contributed by atoms with E-state index < -0.39 is 5.82 Å². The SMILES string of the molecule is COc1ccc(C(=O)CC2CCCNC2)c(F)c1. The Morgan fingerprint density at radius 2 is 2.39 bits per heavy atom. The molecule has 1 saturated heterocycles. The van der Waals surface area contributed by atoms with Gasteiger partial charge in [-0.25, -0.2) is 4.39 Å². The summed E-state index contributed by atoms with van der Waals surface area (Å²) >= 11 is 0. The van der Waals surface area contributed by atoms with Crippen LogP contribution in [0, 0.1) is 11.7 Å². The van der Waals surface area contributed by atoms with Crippen LogP contribution < -0.4 is 10.1 Å². The largest absolute Gasteiger partial charge is 0.497 e. The van der Waals surface area contributed by atoms with Gasteiger partial charge in [0.25, 0.3) is 0 Å². The van der Waals surface area contributed by atoms with E-state index >= 15 is 0 Å². The number of halogens is 1. The molecule has 0 aliphatic carbocycles. The summed E-state index contributed by atoms with van der Waals surface area (Å²) in [5, 5.41) is 3.26. The lowest BCUT2D eigenvalue weighted by atomic mass is 9.92. The maximum absolute atomic E-state index is 13.7. The van der Waals surface area contributed by atoms with Crippen molar-refractivity contribution in [3.8, 4) is 5.75 Å². The summed E-state index contributed by atoms with van der Waals surface area (Å²) in [6.45, 7) is 1.87. The number of rotatable bonds is 4. The minimum absolute atomic E-state index is 0.121. The Hall–Kier alpha value is -1.42. The summed E-state index contributed by atoms with van der Waals surface area (Å²) in [6, 6.07) is 4.38. The van der Waals surface area contributed by atoms with Crippen LogP contribution in [0.1, 0.15) is 29.6 Å². The van der Waals surface area contributed by atoms with Crippen molar-refractivity contribution in [3.05, 3.63) is 29.6 Å². The Labute approximate surface area is 106 Å². The number of methoxy groups -OCH3 is 1. The Bertz CT molecular complexity index is 428. The molecule has 1 atom stereocenters. The van der Waals surface area contributed by atoms with E-state index in [9.17, 15) is 9.18 Å². The standard InChI is InChI=1S/C14H18FNO2/c1-18-11-4-5-12(13(15)8-11)14(17)7-10-3-2-6-16-9-10/h4-5,8,10,16H,2-3,6-7,9H2,1H3. The Morgan fingerprint density at radius 3 is 3.00 bits per heavy atom. The molecule has 1 N–H and O–H groups in total. The van der Waals surface area contributed by atoms with Crippen molar-refractivity contribution in [2.45, 2.75) is 19.3 Å². The fourth-order valence-electron chi connectivity index (χ4n) is 2.32. The topological polar surface area (TPSA) is 38.3 Å². The molecule has 98 valence electrons. The van der Waals surface area contributed by atoms with Gasteiger partial charge in [-0.3, -0.25) is 4.79 Å². The van der Waals surface area contributed by atoms with Gasteiger partial charge in [0.15, 0.2) is 5.78 Å². The number of carbonyl (C=O) groups excluding carboxylic acids is 1. The van der Waals surface area contributed by atoms with Crippen LogP contribution >= 0.6 is 0 Å². The van der Waals surface area contributed by atoms with Gasteiger partial charge in [-0.1, -0.05) is 0 Å². The molecule has 0 saturated carbocycles. The second-order valence-corrected chi connectivity index (χ2v) is 4.69.